The molecule has 0 aliphatic carbocycles. The number of esters is 1. The van der Waals surface area contributed by atoms with Crippen LogP contribution in [0.15, 0.2) is 48.5 Å². The van der Waals surface area contributed by atoms with E-state index in [1.54, 1.807) is 18.2 Å². The zero-order valence-electron chi connectivity index (χ0n) is 11.1. The third kappa shape index (κ3) is 2.79. The number of hydrogen-bond donors (Lipinski definition) is 0. The van der Waals surface area contributed by atoms with E-state index in [9.17, 15) is 19.7 Å². The van der Waals surface area contributed by atoms with E-state index in [1.807, 2.05) is 0 Å². The maximum atomic E-state index is 12.5. The Kier molecular flexibility index (Phi) is 4.08. The zero-order chi connectivity index (χ0) is 15.4. The van der Waals surface area contributed by atoms with E-state index in [0.29, 0.717) is 0 Å². The highest BCUT2D eigenvalue weighted by Crippen LogP contribution is 2.26. The summed E-state index contributed by atoms with van der Waals surface area (Å²) < 4.78 is 4.58. The van der Waals surface area contributed by atoms with Crippen LogP contribution >= 0.6 is 0 Å². The van der Waals surface area contributed by atoms with Crippen LogP contribution in [0.25, 0.3) is 0 Å². The van der Waals surface area contributed by atoms with E-state index in [4.69, 9.17) is 0 Å². The van der Waals surface area contributed by atoms with Gasteiger partial charge in [0.15, 0.2) is 0 Å². The number of ketones is 1. The smallest absolute Gasteiger partial charge is 0.338 e. The number of nitro groups is 1. The van der Waals surface area contributed by atoms with Gasteiger partial charge in [-0.15, -0.1) is 0 Å². The Labute approximate surface area is 120 Å². The second-order valence-electron chi connectivity index (χ2n) is 4.14. The number of rotatable bonds is 4. The molecule has 21 heavy (non-hydrogen) atoms. The maximum absolute atomic E-state index is 12.5. The van der Waals surface area contributed by atoms with E-state index in [2.05, 4.69) is 4.74 Å². The van der Waals surface area contributed by atoms with E-state index in [0.717, 1.165) is 7.11 Å². The van der Waals surface area contributed by atoms with Crippen LogP contribution < -0.4 is 0 Å². The lowest BCUT2D eigenvalue weighted by atomic mass is 9.96. The molecule has 2 aromatic rings. The van der Waals surface area contributed by atoms with Crippen molar-refractivity contribution in [1.82, 2.24) is 0 Å². The van der Waals surface area contributed by atoms with Gasteiger partial charge in [-0.2, -0.15) is 0 Å². The van der Waals surface area contributed by atoms with E-state index in [-0.39, 0.29) is 16.7 Å². The van der Waals surface area contributed by atoms with Crippen molar-refractivity contribution in [3.8, 4) is 0 Å². The number of benzene rings is 2. The van der Waals surface area contributed by atoms with Crippen molar-refractivity contribution < 1.29 is 19.2 Å². The van der Waals surface area contributed by atoms with Gasteiger partial charge >= 0.3 is 5.97 Å². The molecule has 0 heterocycles. The van der Waals surface area contributed by atoms with Crippen LogP contribution in [0.2, 0.25) is 0 Å². The molecular weight excluding hydrogens is 274 g/mol. The molecule has 2 rings (SSSR count). The largest absolute Gasteiger partial charge is 0.465 e. The average Bonchev–Trinajstić information content (AvgIpc) is 2.53. The van der Waals surface area contributed by atoms with Crippen molar-refractivity contribution in [2.45, 2.75) is 0 Å². The average molecular weight is 285 g/mol. The van der Waals surface area contributed by atoms with Crippen LogP contribution in [0.4, 0.5) is 5.69 Å². The second kappa shape index (κ2) is 5.96. The van der Waals surface area contributed by atoms with Crippen molar-refractivity contribution in [3.63, 3.8) is 0 Å². The molecule has 0 atom stereocenters. The number of nitro benzene ring substituents is 1. The molecule has 0 spiro atoms. The van der Waals surface area contributed by atoms with Gasteiger partial charge in [0.2, 0.25) is 5.78 Å². The minimum Gasteiger partial charge on any atom is -0.465 e. The lowest BCUT2D eigenvalue weighted by molar-refractivity contribution is -0.385. The van der Waals surface area contributed by atoms with E-state index in [1.165, 1.54) is 30.3 Å². The summed E-state index contributed by atoms with van der Waals surface area (Å²) in [6.07, 6.45) is 0. The first-order valence-electron chi connectivity index (χ1n) is 6.01. The number of carbonyl (C=O) groups excluding carboxylic acids is 2. The van der Waals surface area contributed by atoms with Crippen LogP contribution in [0, 0.1) is 10.1 Å². The van der Waals surface area contributed by atoms with Crippen LogP contribution in [-0.2, 0) is 4.74 Å². The highest BCUT2D eigenvalue weighted by molar-refractivity contribution is 6.16. The fourth-order valence-electron chi connectivity index (χ4n) is 1.94. The van der Waals surface area contributed by atoms with Crippen LogP contribution in [-0.4, -0.2) is 23.8 Å². The normalized spacial score (nSPS) is 9.95. The summed E-state index contributed by atoms with van der Waals surface area (Å²) in [4.78, 5) is 34.7. The molecule has 0 N–H and O–H groups in total. The van der Waals surface area contributed by atoms with Gasteiger partial charge in [-0.1, -0.05) is 36.4 Å². The van der Waals surface area contributed by atoms with Gasteiger partial charge in [-0.05, 0) is 6.07 Å². The van der Waals surface area contributed by atoms with E-state index >= 15 is 0 Å². The fraction of sp³-hybridized carbons (Fsp3) is 0.0667. The fourth-order valence-corrected chi connectivity index (χ4v) is 1.94. The third-order valence-corrected chi connectivity index (χ3v) is 2.91. The quantitative estimate of drug-likeness (QED) is 0.373. The minimum absolute atomic E-state index is 0.124. The Morgan fingerprint density at radius 3 is 2.29 bits per heavy atom. The molecule has 0 saturated carbocycles. The minimum atomic E-state index is -0.794. The molecule has 106 valence electrons. The summed E-state index contributed by atoms with van der Waals surface area (Å²) in [7, 11) is 1.15. The topological polar surface area (TPSA) is 86.5 Å². The molecular formula is C15H11NO5. The molecule has 0 bridgehead atoms. The summed E-state index contributed by atoms with van der Waals surface area (Å²) in [5, 5.41) is 11.1. The van der Waals surface area contributed by atoms with E-state index < -0.39 is 22.4 Å². The van der Waals surface area contributed by atoms with Gasteiger partial charge in [0.05, 0.1) is 17.6 Å². The number of hydrogen-bond acceptors (Lipinski definition) is 5. The van der Waals surface area contributed by atoms with Crippen molar-refractivity contribution in [3.05, 3.63) is 75.3 Å². The number of carbonyl (C=O) groups is 2. The summed E-state index contributed by atoms with van der Waals surface area (Å²) >= 11 is 0. The van der Waals surface area contributed by atoms with Gasteiger partial charge in [-0.3, -0.25) is 14.9 Å². The van der Waals surface area contributed by atoms with Gasteiger partial charge in [0, 0.05) is 11.6 Å². The third-order valence-electron chi connectivity index (χ3n) is 2.91. The molecule has 0 saturated heterocycles. The molecule has 2 aromatic carbocycles. The first kappa shape index (κ1) is 14.4. The Balaban J connectivity index is 2.67. The molecule has 0 amide bonds. The van der Waals surface area contributed by atoms with Gasteiger partial charge in [-0.25, -0.2) is 4.79 Å². The molecule has 0 fully saturated rings. The SMILES string of the molecule is COC(=O)c1cccc([N+](=O)[O-])c1C(=O)c1ccccc1. The maximum Gasteiger partial charge on any atom is 0.338 e. The summed E-state index contributed by atoms with van der Waals surface area (Å²) in [5.41, 5.74) is -0.551. The van der Waals surface area contributed by atoms with Crippen LogP contribution in [0.5, 0.6) is 0 Å². The number of nitrogens with zero attached hydrogens (tertiary/aromatic N) is 1. The predicted octanol–water partition coefficient (Wildman–Crippen LogP) is 2.61. The summed E-state index contributed by atoms with van der Waals surface area (Å²) in [5.74, 6) is -1.39. The number of methoxy groups -OCH3 is 1. The van der Waals surface area contributed by atoms with Crippen LogP contribution in [0.1, 0.15) is 26.3 Å². The molecule has 6 heteroatoms. The molecule has 0 unspecified atom stereocenters. The summed E-state index contributed by atoms with van der Waals surface area (Å²) in [6.45, 7) is 0. The Hall–Kier alpha value is -3.02. The monoisotopic (exact) mass is 285 g/mol. The molecule has 0 aliphatic rings. The molecule has 0 radical (unpaired) electrons. The van der Waals surface area contributed by atoms with Crippen molar-refractivity contribution in [2.24, 2.45) is 0 Å². The Bertz CT molecular complexity index is 709. The second-order valence-corrected chi connectivity index (χ2v) is 4.14. The highest BCUT2D eigenvalue weighted by atomic mass is 16.6. The molecule has 6 nitrogen and oxygen atoms in total. The van der Waals surface area contributed by atoms with Crippen molar-refractivity contribution >= 4 is 17.4 Å². The summed E-state index contributed by atoms with van der Waals surface area (Å²) in [6, 6.07) is 11.9. The number of ether oxygens (including phenoxy) is 1. The van der Waals surface area contributed by atoms with Gasteiger partial charge in [0.25, 0.3) is 5.69 Å². The van der Waals surface area contributed by atoms with Gasteiger partial charge in [0.1, 0.15) is 5.56 Å². The Morgan fingerprint density at radius 1 is 1.05 bits per heavy atom. The molecule has 0 aromatic heterocycles. The highest BCUT2D eigenvalue weighted by Gasteiger charge is 2.28. The van der Waals surface area contributed by atoms with Gasteiger partial charge < -0.3 is 4.74 Å². The standard InChI is InChI=1S/C15H11NO5/c1-21-15(18)11-8-5-9-12(16(19)20)13(11)14(17)10-6-3-2-4-7-10/h2-9H,1H3. The first-order chi connectivity index (χ1) is 10.1. The molecule has 0 aliphatic heterocycles. The van der Waals surface area contributed by atoms with Crippen molar-refractivity contribution in [2.75, 3.05) is 7.11 Å². The van der Waals surface area contributed by atoms with Crippen molar-refractivity contribution in [1.29, 1.82) is 0 Å². The Morgan fingerprint density at radius 2 is 1.71 bits per heavy atom. The lowest BCUT2D eigenvalue weighted by Crippen LogP contribution is -2.13. The predicted molar refractivity (Wildman–Crippen MR) is 74.3 cm³/mol. The lowest BCUT2D eigenvalue weighted by Gasteiger charge is -2.07. The van der Waals surface area contributed by atoms with Crippen LogP contribution in [0.3, 0.4) is 0 Å². The zero-order valence-corrected chi connectivity index (χ0v) is 11.1. The first-order valence-corrected chi connectivity index (χ1v) is 6.01.